The van der Waals surface area contributed by atoms with Crippen molar-refractivity contribution in [1.29, 1.82) is 0 Å². The fourth-order valence-electron chi connectivity index (χ4n) is 1.13. The highest BCUT2D eigenvalue weighted by molar-refractivity contribution is 5.94. The van der Waals surface area contributed by atoms with Crippen LogP contribution in [0.25, 0.3) is 0 Å². The summed E-state index contributed by atoms with van der Waals surface area (Å²) in [5.41, 5.74) is 6.40. The number of carbonyl (C=O) groups excluding carboxylic acids is 1. The summed E-state index contributed by atoms with van der Waals surface area (Å²) in [7, 11) is 0. The van der Waals surface area contributed by atoms with Gasteiger partial charge in [-0.3, -0.25) is 9.48 Å². The van der Waals surface area contributed by atoms with Crippen LogP contribution >= 0.6 is 0 Å². The Balaban J connectivity index is 2.58. The lowest BCUT2D eigenvalue weighted by Gasteiger charge is -2.14. The number of aryl methyl sites for hydroxylation is 1. The number of aromatic nitrogens is 2. The van der Waals surface area contributed by atoms with Crippen molar-refractivity contribution in [2.24, 2.45) is 11.7 Å². The van der Waals surface area contributed by atoms with Gasteiger partial charge in [0.05, 0.1) is 17.9 Å². The van der Waals surface area contributed by atoms with Gasteiger partial charge in [-0.2, -0.15) is 5.10 Å². The van der Waals surface area contributed by atoms with Crippen LogP contribution < -0.4 is 11.1 Å². The van der Waals surface area contributed by atoms with E-state index in [0.29, 0.717) is 5.69 Å². The normalized spacial score (nSPS) is 12.9. The molecule has 0 saturated heterocycles. The molecule has 0 radical (unpaired) electrons. The number of carbonyl (C=O) groups is 1. The fraction of sp³-hybridized carbons (Fsp3) is 0.600. The number of anilines is 1. The van der Waals surface area contributed by atoms with Crippen LogP contribution in [0, 0.1) is 5.92 Å². The maximum Gasteiger partial charge on any atom is 0.241 e. The zero-order chi connectivity index (χ0) is 11.4. The number of rotatable bonds is 4. The predicted octanol–water partition coefficient (Wildman–Crippen LogP) is 0.825. The van der Waals surface area contributed by atoms with Crippen LogP contribution in [-0.4, -0.2) is 21.7 Å². The van der Waals surface area contributed by atoms with Crippen molar-refractivity contribution in [3.8, 4) is 0 Å². The largest absolute Gasteiger partial charge is 0.322 e. The van der Waals surface area contributed by atoms with Crippen LogP contribution in [0.15, 0.2) is 12.4 Å². The zero-order valence-corrected chi connectivity index (χ0v) is 9.40. The van der Waals surface area contributed by atoms with Gasteiger partial charge in [0.15, 0.2) is 0 Å². The van der Waals surface area contributed by atoms with E-state index < -0.39 is 6.04 Å². The minimum atomic E-state index is -0.477. The molecule has 1 aromatic heterocycles. The molecule has 15 heavy (non-hydrogen) atoms. The van der Waals surface area contributed by atoms with E-state index in [0.717, 1.165) is 6.54 Å². The Morgan fingerprint density at radius 1 is 1.67 bits per heavy atom. The Hall–Kier alpha value is -1.36. The lowest BCUT2D eigenvalue weighted by molar-refractivity contribution is -0.118. The molecule has 5 nitrogen and oxygen atoms in total. The van der Waals surface area contributed by atoms with Crippen molar-refractivity contribution in [3.05, 3.63) is 12.4 Å². The Kier molecular flexibility index (Phi) is 3.85. The standard InChI is InChI=1S/C10H18N4O/c1-4-14-6-8(5-12-14)13-10(15)9(11)7(2)3/h5-7,9H,4,11H2,1-3H3,(H,13,15)/t9-/m1/s1. The number of nitrogens with two attached hydrogens (primary N) is 1. The molecule has 0 saturated carbocycles. The quantitative estimate of drug-likeness (QED) is 0.773. The van der Waals surface area contributed by atoms with Crippen LogP contribution in [0.2, 0.25) is 0 Å². The maximum absolute atomic E-state index is 11.6. The van der Waals surface area contributed by atoms with Gasteiger partial charge in [-0.25, -0.2) is 0 Å². The Morgan fingerprint density at radius 2 is 2.33 bits per heavy atom. The van der Waals surface area contributed by atoms with Gasteiger partial charge in [0.1, 0.15) is 0 Å². The molecule has 1 aromatic rings. The fourth-order valence-corrected chi connectivity index (χ4v) is 1.13. The average molecular weight is 210 g/mol. The molecule has 1 heterocycles. The third-order valence-corrected chi connectivity index (χ3v) is 2.25. The van der Waals surface area contributed by atoms with Gasteiger partial charge in [-0.05, 0) is 12.8 Å². The molecular formula is C10H18N4O. The SMILES string of the molecule is CCn1cc(NC(=O)[C@H](N)C(C)C)cn1. The van der Waals surface area contributed by atoms with E-state index in [4.69, 9.17) is 5.73 Å². The number of nitrogens with zero attached hydrogens (tertiary/aromatic N) is 2. The van der Waals surface area contributed by atoms with E-state index >= 15 is 0 Å². The summed E-state index contributed by atoms with van der Waals surface area (Å²) in [6, 6.07) is -0.477. The van der Waals surface area contributed by atoms with Crippen molar-refractivity contribution in [1.82, 2.24) is 9.78 Å². The smallest absolute Gasteiger partial charge is 0.241 e. The second-order valence-electron chi connectivity index (χ2n) is 3.84. The lowest BCUT2D eigenvalue weighted by atomic mass is 10.1. The van der Waals surface area contributed by atoms with E-state index in [1.165, 1.54) is 0 Å². The van der Waals surface area contributed by atoms with Gasteiger partial charge >= 0.3 is 0 Å². The van der Waals surface area contributed by atoms with Crippen molar-refractivity contribution >= 4 is 11.6 Å². The molecule has 0 fully saturated rings. The molecule has 0 aliphatic rings. The van der Waals surface area contributed by atoms with Gasteiger partial charge in [0.25, 0.3) is 0 Å². The monoisotopic (exact) mass is 210 g/mol. The van der Waals surface area contributed by atoms with E-state index in [-0.39, 0.29) is 11.8 Å². The third-order valence-electron chi connectivity index (χ3n) is 2.25. The number of hydrogen-bond acceptors (Lipinski definition) is 3. The van der Waals surface area contributed by atoms with Gasteiger partial charge in [-0.15, -0.1) is 0 Å². The molecule has 0 aliphatic heterocycles. The summed E-state index contributed by atoms with van der Waals surface area (Å²) in [6.45, 7) is 6.60. The zero-order valence-electron chi connectivity index (χ0n) is 9.40. The Labute approximate surface area is 89.6 Å². The van der Waals surface area contributed by atoms with Gasteiger partial charge in [0, 0.05) is 12.7 Å². The first-order valence-electron chi connectivity index (χ1n) is 5.13. The highest BCUT2D eigenvalue weighted by atomic mass is 16.2. The third kappa shape index (κ3) is 3.06. The summed E-state index contributed by atoms with van der Waals surface area (Å²) in [6.07, 6.45) is 3.40. The topological polar surface area (TPSA) is 72.9 Å². The van der Waals surface area contributed by atoms with Gasteiger partial charge in [-0.1, -0.05) is 13.8 Å². The molecular weight excluding hydrogens is 192 g/mol. The Morgan fingerprint density at radius 3 is 2.80 bits per heavy atom. The van der Waals surface area contributed by atoms with Crippen LogP contribution in [0.1, 0.15) is 20.8 Å². The lowest BCUT2D eigenvalue weighted by Crippen LogP contribution is -2.39. The number of nitrogens with one attached hydrogen (secondary N) is 1. The molecule has 1 amide bonds. The number of amides is 1. The summed E-state index contributed by atoms with van der Waals surface area (Å²) >= 11 is 0. The molecule has 0 aromatic carbocycles. The first-order valence-corrected chi connectivity index (χ1v) is 5.13. The van der Waals surface area contributed by atoms with Crippen LogP contribution in [0.5, 0.6) is 0 Å². The highest BCUT2D eigenvalue weighted by Crippen LogP contribution is 2.07. The summed E-state index contributed by atoms with van der Waals surface area (Å²) in [5.74, 6) is -0.0353. The number of hydrogen-bond donors (Lipinski definition) is 2. The van der Waals surface area contributed by atoms with E-state index in [9.17, 15) is 4.79 Å². The second kappa shape index (κ2) is 4.93. The molecule has 5 heteroatoms. The molecule has 0 aliphatic carbocycles. The van der Waals surface area contributed by atoms with Crippen LogP contribution in [-0.2, 0) is 11.3 Å². The molecule has 0 unspecified atom stereocenters. The van der Waals surface area contributed by atoms with Gasteiger partial charge < -0.3 is 11.1 Å². The molecule has 1 rings (SSSR count). The van der Waals surface area contributed by atoms with Gasteiger partial charge in [0.2, 0.25) is 5.91 Å². The van der Waals surface area contributed by atoms with E-state index in [2.05, 4.69) is 10.4 Å². The predicted molar refractivity (Wildman–Crippen MR) is 59.3 cm³/mol. The average Bonchev–Trinajstić information content (AvgIpc) is 2.64. The van der Waals surface area contributed by atoms with Crippen LogP contribution in [0.3, 0.4) is 0 Å². The second-order valence-corrected chi connectivity index (χ2v) is 3.84. The van der Waals surface area contributed by atoms with Crippen molar-refractivity contribution in [3.63, 3.8) is 0 Å². The highest BCUT2D eigenvalue weighted by Gasteiger charge is 2.17. The van der Waals surface area contributed by atoms with E-state index in [1.54, 1.807) is 17.1 Å². The first-order chi connectivity index (χ1) is 7.04. The molecule has 3 N–H and O–H groups in total. The summed E-state index contributed by atoms with van der Waals surface area (Å²) < 4.78 is 1.75. The molecule has 0 bridgehead atoms. The van der Waals surface area contributed by atoms with Crippen molar-refractivity contribution in [2.75, 3.05) is 5.32 Å². The molecule has 1 atom stereocenters. The minimum absolute atomic E-state index is 0.131. The summed E-state index contributed by atoms with van der Waals surface area (Å²) in [5, 5.41) is 6.78. The van der Waals surface area contributed by atoms with Crippen molar-refractivity contribution in [2.45, 2.75) is 33.4 Å². The minimum Gasteiger partial charge on any atom is -0.322 e. The Bertz CT molecular complexity index is 332. The van der Waals surface area contributed by atoms with Crippen molar-refractivity contribution < 1.29 is 4.79 Å². The van der Waals surface area contributed by atoms with E-state index in [1.807, 2.05) is 20.8 Å². The maximum atomic E-state index is 11.6. The van der Waals surface area contributed by atoms with Crippen LogP contribution in [0.4, 0.5) is 5.69 Å². The summed E-state index contributed by atoms with van der Waals surface area (Å²) in [4.78, 5) is 11.6. The first kappa shape index (κ1) is 11.7. The molecule has 0 spiro atoms. The molecule has 84 valence electrons.